The van der Waals surface area contributed by atoms with E-state index in [1.54, 1.807) is 49.8 Å². The van der Waals surface area contributed by atoms with E-state index >= 15 is 0 Å². The summed E-state index contributed by atoms with van der Waals surface area (Å²) in [5, 5.41) is 11.5. The van der Waals surface area contributed by atoms with Crippen LogP contribution in [0.1, 0.15) is 22.7 Å². The normalized spacial score (nSPS) is 17.3. The van der Waals surface area contributed by atoms with Crippen LogP contribution in [0.3, 0.4) is 0 Å². The Morgan fingerprint density at radius 1 is 1.03 bits per heavy atom. The molecule has 1 aromatic heterocycles. The molecule has 2 aromatic carbocycles. The summed E-state index contributed by atoms with van der Waals surface area (Å²) in [7, 11) is 3.00. The van der Waals surface area contributed by atoms with E-state index in [0.717, 1.165) is 5.56 Å². The number of aromatic nitrogens is 1. The smallest absolute Gasteiger partial charge is 0.295 e. The molecule has 8 heteroatoms. The van der Waals surface area contributed by atoms with Crippen molar-refractivity contribution in [1.29, 1.82) is 0 Å². The number of likely N-dealkylation sites (tertiary alicyclic amines) is 1. The van der Waals surface area contributed by atoms with E-state index in [0.29, 0.717) is 27.6 Å². The summed E-state index contributed by atoms with van der Waals surface area (Å²) in [4.78, 5) is 31.8. The molecular formula is C25H21ClN2O5. The monoisotopic (exact) mass is 464 g/mol. The number of rotatable bonds is 6. The van der Waals surface area contributed by atoms with Crippen LogP contribution in [0, 0.1) is 0 Å². The van der Waals surface area contributed by atoms with E-state index < -0.39 is 17.7 Å². The Balaban J connectivity index is 1.87. The number of amides is 1. The highest BCUT2D eigenvalue weighted by atomic mass is 35.5. The number of benzene rings is 2. The molecule has 168 valence electrons. The van der Waals surface area contributed by atoms with Gasteiger partial charge in [0.2, 0.25) is 0 Å². The summed E-state index contributed by atoms with van der Waals surface area (Å²) in [6.07, 6.45) is 3.15. The van der Waals surface area contributed by atoms with Gasteiger partial charge < -0.3 is 19.5 Å². The van der Waals surface area contributed by atoms with Gasteiger partial charge in [-0.05, 0) is 42.0 Å². The number of aliphatic hydroxyl groups is 1. The lowest BCUT2D eigenvalue weighted by Gasteiger charge is -2.26. The first-order valence-corrected chi connectivity index (χ1v) is 10.5. The summed E-state index contributed by atoms with van der Waals surface area (Å²) in [5.74, 6) is -0.879. The van der Waals surface area contributed by atoms with Crippen molar-refractivity contribution in [2.45, 2.75) is 12.6 Å². The maximum Gasteiger partial charge on any atom is 0.295 e. The number of Topliss-reactive ketones (excluding diaryl/α,β-unsaturated/α-hetero) is 1. The van der Waals surface area contributed by atoms with Crippen molar-refractivity contribution in [2.75, 3.05) is 14.2 Å². The lowest BCUT2D eigenvalue weighted by atomic mass is 9.95. The number of ether oxygens (including phenoxy) is 2. The number of halogens is 1. The fourth-order valence-electron chi connectivity index (χ4n) is 3.92. The molecule has 4 rings (SSSR count). The first kappa shape index (κ1) is 22.4. The highest BCUT2D eigenvalue weighted by Crippen LogP contribution is 2.41. The SMILES string of the molecule is COc1cc(/C(O)=C2/C(=O)C(=O)N(Cc3ccccc3OC)C2c2ccncc2)ccc1Cl. The van der Waals surface area contributed by atoms with Gasteiger partial charge in [-0.3, -0.25) is 14.6 Å². The van der Waals surface area contributed by atoms with Crippen LogP contribution in [-0.2, 0) is 16.1 Å². The summed E-state index contributed by atoms with van der Waals surface area (Å²) < 4.78 is 10.7. The quantitative estimate of drug-likeness (QED) is 0.331. The Morgan fingerprint density at radius 3 is 2.42 bits per heavy atom. The van der Waals surface area contributed by atoms with Crippen LogP contribution in [0.15, 0.2) is 72.6 Å². The van der Waals surface area contributed by atoms with Gasteiger partial charge in [-0.2, -0.15) is 0 Å². The van der Waals surface area contributed by atoms with Crippen molar-refractivity contribution in [1.82, 2.24) is 9.88 Å². The summed E-state index contributed by atoms with van der Waals surface area (Å²) in [6.45, 7) is 0.113. The third-order valence-corrected chi connectivity index (χ3v) is 5.83. The van der Waals surface area contributed by atoms with Crippen molar-refractivity contribution in [2.24, 2.45) is 0 Å². The molecule has 1 aliphatic rings. The van der Waals surface area contributed by atoms with Crippen LogP contribution < -0.4 is 9.47 Å². The zero-order valence-electron chi connectivity index (χ0n) is 18.0. The number of ketones is 1. The van der Waals surface area contributed by atoms with Gasteiger partial charge >= 0.3 is 0 Å². The van der Waals surface area contributed by atoms with Crippen LogP contribution >= 0.6 is 11.6 Å². The van der Waals surface area contributed by atoms with Gasteiger partial charge in [0.25, 0.3) is 11.7 Å². The lowest BCUT2D eigenvalue weighted by molar-refractivity contribution is -0.140. The van der Waals surface area contributed by atoms with Crippen LogP contribution in [-0.4, -0.2) is 40.9 Å². The molecule has 0 aliphatic carbocycles. The first-order chi connectivity index (χ1) is 16.0. The highest BCUT2D eigenvalue weighted by molar-refractivity contribution is 6.46. The molecule has 7 nitrogen and oxygen atoms in total. The number of carbonyl (C=O) groups excluding carboxylic acids is 2. The Hall–Kier alpha value is -3.84. The van der Waals surface area contributed by atoms with Crippen LogP contribution in [0.2, 0.25) is 5.02 Å². The third-order valence-electron chi connectivity index (χ3n) is 5.52. The van der Waals surface area contributed by atoms with E-state index in [-0.39, 0.29) is 17.9 Å². The van der Waals surface area contributed by atoms with Gasteiger partial charge in [0.1, 0.15) is 17.3 Å². The minimum atomic E-state index is -0.820. The van der Waals surface area contributed by atoms with Gasteiger partial charge in [0.05, 0.1) is 37.4 Å². The Kier molecular flexibility index (Phi) is 6.33. The number of pyridine rings is 1. The molecule has 1 saturated heterocycles. The predicted molar refractivity (Wildman–Crippen MR) is 123 cm³/mol. The third kappa shape index (κ3) is 4.15. The van der Waals surface area contributed by atoms with Crippen molar-refractivity contribution in [3.8, 4) is 11.5 Å². The van der Waals surface area contributed by atoms with Gasteiger partial charge in [-0.25, -0.2) is 0 Å². The van der Waals surface area contributed by atoms with Crippen molar-refractivity contribution < 1.29 is 24.2 Å². The maximum absolute atomic E-state index is 13.2. The Morgan fingerprint density at radius 2 is 1.73 bits per heavy atom. The fourth-order valence-corrected chi connectivity index (χ4v) is 4.11. The number of para-hydroxylation sites is 1. The molecule has 33 heavy (non-hydrogen) atoms. The molecule has 1 fully saturated rings. The Bertz CT molecular complexity index is 1240. The molecule has 1 unspecified atom stereocenters. The van der Waals surface area contributed by atoms with Crippen molar-refractivity contribution in [3.05, 3.63) is 94.3 Å². The molecule has 3 aromatic rings. The average molecular weight is 465 g/mol. The predicted octanol–water partition coefficient (Wildman–Crippen LogP) is 4.37. The van der Waals surface area contributed by atoms with Gasteiger partial charge in [0, 0.05) is 23.5 Å². The molecule has 0 radical (unpaired) electrons. The van der Waals surface area contributed by atoms with E-state index in [9.17, 15) is 14.7 Å². The van der Waals surface area contributed by atoms with E-state index in [4.69, 9.17) is 21.1 Å². The summed E-state index contributed by atoms with van der Waals surface area (Å²) in [5.41, 5.74) is 1.66. The molecule has 1 amide bonds. The second kappa shape index (κ2) is 9.34. The molecule has 0 spiro atoms. The van der Waals surface area contributed by atoms with E-state index in [1.807, 2.05) is 18.2 Å². The number of aliphatic hydroxyl groups excluding tert-OH is 1. The minimum Gasteiger partial charge on any atom is -0.507 e. The summed E-state index contributed by atoms with van der Waals surface area (Å²) in [6, 6.07) is 14.5. The highest BCUT2D eigenvalue weighted by Gasteiger charge is 2.46. The number of nitrogens with zero attached hydrogens (tertiary/aromatic N) is 2. The van der Waals surface area contributed by atoms with Gasteiger partial charge in [-0.15, -0.1) is 0 Å². The first-order valence-electron chi connectivity index (χ1n) is 10.1. The minimum absolute atomic E-state index is 0.0227. The van der Waals surface area contributed by atoms with Gasteiger partial charge in [-0.1, -0.05) is 29.8 Å². The molecule has 2 heterocycles. The fraction of sp³-hybridized carbons (Fsp3) is 0.160. The van der Waals surface area contributed by atoms with Crippen LogP contribution in [0.4, 0.5) is 0 Å². The van der Waals surface area contributed by atoms with E-state index in [1.165, 1.54) is 18.1 Å². The largest absolute Gasteiger partial charge is 0.507 e. The van der Waals surface area contributed by atoms with Crippen LogP contribution in [0.5, 0.6) is 11.5 Å². The maximum atomic E-state index is 13.2. The van der Waals surface area contributed by atoms with Crippen molar-refractivity contribution in [3.63, 3.8) is 0 Å². The standard InChI is InChI=1S/C25H21ClN2O5/c1-32-19-6-4-3-5-17(19)14-28-22(15-9-11-27-12-10-15)21(24(30)25(28)31)23(29)16-7-8-18(26)20(13-16)33-2/h3-13,22,29H,14H2,1-2H3/b23-21-. The lowest BCUT2D eigenvalue weighted by Crippen LogP contribution is -2.29. The second-order valence-corrected chi connectivity index (χ2v) is 7.78. The van der Waals surface area contributed by atoms with Gasteiger partial charge in [0.15, 0.2) is 0 Å². The summed E-state index contributed by atoms with van der Waals surface area (Å²) >= 11 is 6.11. The topological polar surface area (TPSA) is 89.0 Å². The number of hydrogen-bond donors (Lipinski definition) is 1. The zero-order valence-corrected chi connectivity index (χ0v) is 18.7. The molecule has 1 atom stereocenters. The number of methoxy groups -OCH3 is 2. The molecular weight excluding hydrogens is 444 g/mol. The molecule has 1 aliphatic heterocycles. The number of hydrogen-bond acceptors (Lipinski definition) is 6. The zero-order chi connectivity index (χ0) is 23.5. The van der Waals surface area contributed by atoms with E-state index in [2.05, 4.69) is 4.98 Å². The Labute approximate surface area is 195 Å². The average Bonchev–Trinajstić information content (AvgIpc) is 3.09. The van der Waals surface area contributed by atoms with Crippen LogP contribution in [0.25, 0.3) is 5.76 Å². The molecule has 1 N–H and O–H groups in total. The molecule has 0 saturated carbocycles. The second-order valence-electron chi connectivity index (χ2n) is 7.37. The molecule has 0 bridgehead atoms. The van der Waals surface area contributed by atoms with Crippen molar-refractivity contribution >= 4 is 29.1 Å². The number of carbonyl (C=O) groups is 2.